The summed E-state index contributed by atoms with van der Waals surface area (Å²) in [7, 11) is 3.22. The third-order valence-electron chi connectivity index (χ3n) is 3.17. The number of piperazine rings is 1. The lowest BCUT2D eigenvalue weighted by Gasteiger charge is -2.35. The number of hydrogen-bond donors (Lipinski definition) is 1. The summed E-state index contributed by atoms with van der Waals surface area (Å²) in [4.78, 5) is 14.7. The van der Waals surface area contributed by atoms with E-state index in [0.717, 1.165) is 38.1 Å². The van der Waals surface area contributed by atoms with Crippen LogP contribution in [0.25, 0.3) is 0 Å². The van der Waals surface area contributed by atoms with Crippen molar-refractivity contribution in [2.75, 3.05) is 43.9 Å². The highest BCUT2D eigenvalue weighted by molar-refractivity contribution is 6.64. The van der Waals surface area contributed by atoms with Crippen LogP contribution < -0.4 is 15.4 Å². The number of carbonyl (C=O) groups is 1. The summed E-state index contributed by atoms with van der Waals surface area (Å²) in [5.41, 5.74) is 7.55. The van der Waals surface area contributed by atoms with Gasteiger partial charge in [-0.25, -0.2) is 0 Å². The van der Waals surface area contributed by atoms with Gasteiger partial charge in [0.1, 0.15) is 5.75 Å². The Kier molecular flexibility index (Phi) is 4.09. The highest BCUT2D eigenvalue weighted by Gasteiger charge is 2.17. The zero-order valence-corrected chi connectivity index (χ0v) is 10.5. The summed E-state index contributed by atoms with van der Waals surface area (Å²) in [6, 6.07) is 5.81. The van der Waals surface area contributed by atoms with E-state index in [4.69, 9.17) is 10.5 Å². The monoisotopic (exact) mass is 246 g/mol. The highest BCUT2D eigenvalue weighted by Crippen LogP contribution is 2.27. The number of carbonyl (C=O) groups excluding carboxylic acids is 1. The van der Waals surface area contributed by atoms with Gasteiger partial charge in [0.05, 0.1) is 19.0 Å². The molecule has 5 nitrogen and oxygen atoms in total. The van der Waals surface area contributed by atoms with Crippen LogP contribution in [-0.4, -0.2) is 51.7 Å². The molecule has 95 valence electrons. The maximum absolute atomic E-state index is 10.4. The Balaban J connectivity index is 2.03. The molecule has 6 heteroatoms. The van der Waals surface area contributed by atoms with Gasteiger partial charge < -0.3 is 25.0 Å². The van der Waals surface area contributed by atoms with Gasteiger partial charge in [0.25, 0.3) is 7.41 Å². The van der Waals surface area contributed by atoms with Crippen molar-refractivity contribution >= 4 is 25.0 Å². The van der Waals surface area contributed by atoms with Crippen molar-refractivity contribution < 1.29 is 9.53 Å². The van der Waals surface area contributed by atoms with E-state index >= 15 is 0 Å². The van der Waals surface area contributed by atoms with Gasteiger partial charge in [0.15, 0.2) is 0 Å². The second kappa shape index (κ2) is 5.77. The molecule has 1 aliphatic heterocycles. The molecule has 1 fully saturated rings. The average molecular weight is 246 g/mol. The van der Waals surface area contributed by atoms with Gasteiger partial charge in [-0.3, -0.25) is 0 Å². The molecular weight excluding hydrogens is 229 g/mol. The molecule has 0 spiro atoms. The Morgan fingerprint density at radius 1 is 1.33 bits per heavy atom. The summed E-state index contributed by atoms with van der Waals surface area (Å²) in [5.74, 6) is 0.703. The Bertz CT molecular complexity index is 420. The van der Waals surface area contributed by atoms with E-state index in [-0.39, 0.29) is 0 Å². The molecule has 0 unspecified atom stereocenters. The number of rotatable bonds is 4. The lowest BCUT2D eigenvalue weighted by molar-refractivity contribution is 0.406. The minimum atomic E-state index is 0.647. The number of hydrogen-bond acceptors (Lipinski definition) is 5. The number of methoxy groups -OCH3 is 1. The van der Waals surface area contributed by atoms with E-state index in [0.29, 0.717) is 11.4 Å². The van der Waals surface area contributed by atoms with Crippen LogP contribution in [0.3, 0.4) is 0 Å². The maximum atomic E-state index is 10.4. The van der Waals surface area contributed by atoms with Gasteiger partial charge >= 0.3 is 0 Å². The molecule has 18 heavy (non-hydrogen) atoms. The molecule has 1 radical (unpaired) electrons. The van der Waals surface area contributed by atoms with Gasteiger partial charge in [-0.15, -0.1) is 0 Å². The first-order chi connectivity index (χ1) is 8.74. The minimum Gasteiger partial charge on any atom is -0.495 e. The second-order valence-corrected chi connectivity index (χ2v) is 4.23. The summed E-state index contributed by atoms with van der Waals surface area (Å²) in [6.07, 6.45) is 0.835. The van der Waals surface area contributed by atoms with Gasteiger partial charge in [-0.05, 0) is 12.1 Å². The first-order valence-corrected chi connectivity index (χ1v) is 5.95. The second-order valence-electron chi connectivity index (χ2n) is 4.23. The van der Waals surface area contributed by atoms with Crippen molar-refractivity contribution in [3.8, 4) is 5.75 Å². The predicted molar refractivity (Wildman–Crippen MR) is 73.7 cm³/mol. The van der Waals surface area contributed by atoms with E-state index < -0.39 is 0 Å². The molecule has 0 aromatic heterocycles. The molecule has 0 amide bonds. The fraction of sp³-hybridized carbons (Fsp3) is 0.417. The average Bonchev–Trinajstić information content (AvgIpc) is 2.41. The summed E-state index contributed by atoms with van der Waals surface area (Å²) in [6.45, 7) is 3.48. The fourth-order valence-electron chi connectivity index (χ4n) is 2.11. The van der Waals surface area contributed by atoms with Crippen LogP contribution in [0.5, 0.6) is 5.75 Å². The predicted octanol–water partition coefficient (Wildman–Crippen LogP) is 0.209. The quantitative estimate of drug-likeness (QED) is 0.467. The molecule has 1 heterocycles. The third kappa shape index (κ3) is 2.76. The largest absolute Gasteiger partial charge is 0.495 e. The van der Waals surface area contributed by atoms with Crippen molar-refractivity contribution in [3.05, 3.63) is 18.2 Å². The van der Waals surface area contributed by atoms with Crippen molar-refractivity contribution in [2.24, 2.45) is 0 Å². The van der Waals surface area contributed by atoms with E-state index in [1.54, 1.807) is 14.5 Å². The van der Waals surface area contributed by atoms with Crippen LogP contribution >= 0.6 is 0 Å². The van der Waals surface area contributed by atoms with E-state index in [2.05, 4.69) is 4.90 Å². The smallest absolute Gasteiger partial charge is 0.293 e. The fourth-order valence-corrected chi connectivity index (χ4v) is 2.11. The molecule has 0 saturated carbocycles. The number of anilines is 2. The summed E-state index contributed by atoms with van der Waals surface area (Å²) >= 11 is 0. The molecular formula is C12H17BN3O2. The SMILES string of the molecule is COc1cc(N2CCN([B]C=O)CC2)ccc1N. The standard InChI is InChI=1S/C12H17BN3O2/c1-18-12-8-10(2-3-11(12)14)15-4-6-16(7-5-15)13-9-17/h2-3,8-9H,4-7,14H2,1H3. The Morgan fingerprint density at radius 2 is 2.06 bits per heavy atom. The third-order valence-corrected chi connectivity index (χ3v) is 3.17. The van der Waals surface area contributed by atoms with Gasteiger partial charge in [0, 0.05) is 37.9 Å². The molecule has 1 aliphatic rings. The molecule has 2 N–H and O–H groups in total. The lowest BCUT2D eigenvalue weighted by atomic mass is 9.93. The zero-order chi connectivity index (χ0) is 13.0. The Labute approximate surface area is 108 Å². The molecule has 0 aliphatic carbocycles. The van der Waals surface area contributed by atoms with Crippen molar-refractivity contribution in [2.45, 2.75) is 0 Å². The topological polar surface area (TPSA) is 58.8 Å². The number of benzene rings is 1. The van der Waals surface area contributed by atoms with E-state index in [9.17, 15) is 4.79 Å². The van der Waals surface area contributed by atoms with Crippen LogP contribution in [0.1, 0.15) is 0 Å². The summed E-state index contributed by atoms with van der Waals surface area (Å²) in [5, 5.41) is 0. The van der Waals surface area contributed by atoms with Crippen molar-refractivity contribution in [1.29, 1.82) is 0 Å². The molecule has 0 bridgehead atoms. The van der Waals surface area contributed by atoms with Crippen LogP contribution in [0.15, 0.2) is 18.2 Å². The molecule has 1 aromatic carbocycles. The summed E-state index contributed by atoms with van der Waals surface area (Å²) < 4.78 is 5.22. The minimum absolute atomic E-state index is 0.647. The van der Waals surface area contributed by atoms with Gasteiger partial charge in [-0.1, -0.05) is 0 Å². The number of ether oxygens (including phenoxy) is 1. The van der Waals surface area contributed by atoms with E-state index in [1.807, 2.05) is 23.0 Å². The number of nitrogens with zero attached hydrogens (tertiary/aromatic N) is 2. The van der Waals surface area contributed by atoms with Crippen molar-refractivity contribution in [3.63, 3.8) is 0 Å². The van der Waals surface area contributed by atoms with Crippen LogP contribution in [0.2, 0.25) is 0 Å². The lowest BCUT2D eigenvalue weighted by Crippen LogP contribution is -2.48. The van der Waals surface area contributed by atoms with Crippen LogP contribution in [0, 0.1) is 0 Å². The van der Waals surface area contributed by atoms with Gasteiger partial charge in [0.2, 0.25) is 0 Å². The Morgan fingerprint density at radius 3 is 2.67 bits per heavy atom. The molecule has 1 aromatic rings. The van der Waals surface area contributed by atoms with Crippen LogP contribution in [-0.2, 0) is 4.79 Å². The number of nitrogens with two attached hydrogens (primary N) is 1. The molecule has 1 saturated heterocycles. The van der Waals surface area contributed by atoms with Gasteiger partial charge in [-0.2, -0.15) is 0 Å². The van der Waals surface area contributed by atoms with Crippen molar-refractivity contribution in [1.82, 2.24) is 4.81 Å². The molecule has 2 rings (SSSR count). The van der Waals surface area contributed by atoms with Crippen LogP contribution in [0.4, 0.5) is 11.4 Å². The first kappa shape index (κ1) is 12.8. The molecule has 0 atom stereocenters. The number of nitrogen functional groups attached to an aromatic ring is 1. The maximum Gasteiger partial charge on any atom is 0.293 e. The first-order valence-electron chi connectivity index (χ1n) is 5.95. The Hall–Kier alpha value is -1.69. The highest BCUT2D eigenvalue weighted by atomic mass is 16.5. The zero-order valence-electron chi connectivity index (χ0n) is 10.5. The normalized spacial score (nSPS) is 16.4. The van der Waals surface area contributed by atoms with E-state index in [1.165, 1.54) is 0 Å².